The monoisotopic (exact) mass is 177 g/mol. The number of rotatable bonds is 2. The van der Waals surface area contributed by atoms with Gasteiger partial charge in [-0.25, -0.2) is 0 Å². The van der Waals surface area contributed by atoms with Crippen molar-refractivity contribution in [3.63, 3.8) is 0 Å². The summed E-state index contributed by atoms with van der Waals surface area (Å²) < 4.78 is 0. The molecule has 0 saturated carbocycles. The molecular weight excluding hydrogens is 162 g/mol. The topological polar surface area (TPSA) is 23.5 Å². The van der Waals surface area contributed by atoms with Crippen LogP contribution in [0.25, 0.3) is 0 Å². The van der Waals surface area contributed by atoms with E-state index >= 15 is 0 Å². The third-order valence-electron chi connectivity index (χ3n) is 2.56. The van der Waals surface area contributed by atoms with Gasteiger partial charge in [-0.1, -0.05) is 30.3 Å². The largest absolute Gasteiger partial charge is 0.378 e. The maximum Gasteiger partial charge on any atom is 0.107 e. The smallest absolute Gasteiger partial charge is 0.107 e. The number of aliphatic hydroxyl groups excluding tert-OH is 1. The van der Waals surface area contributed by atoms with E-state index < -0.39 is 0 Å². The fourth-order valence-corrected chi connectivity index (χ4v) is 1.81. The first-order chi connectivity index (χ1) is 6.36. The lowest BCUT2D eigenvalue weighted by molar-refractivity contribution is 0.0328. The first-order valence-corrected chi connectivity index (χ1v) is 4.82. The Balaban J connectivity index is 1.98. The Labute approximate surface area is 78.8 Å². The normalized spacial score (nSPS) is 23.6. The first-order valence-electron chi connectivity index (χ1n) is 4.82. The number of aliphatic hydroxyl groups is 1. The highest BCUT2D eigenvalue weighted by Gasteiger charge is 2.21. The fourth-order valence-electron chi connectivity index (χ4n) is 1.81. The molecule has 0 radical (unpaired) electrons. The Hall–Kier alpha value is -0.860. The van der Waals surface area contributed by atoms with Crippen molar-refractivity contribution in [2.45, 2.75) is 25.6 Å². The molecule has 0 amide bonds. The molecule has 1 fully saturated rings. The Morgan fingerprint density at radius 3 is 2.69 bits per heavy atom. The molecule has 1 aromatic rings. The molecule has 0 bridgehead atoms. The summed E-state index contributed by atoms with van der Waals surface area (Å²) in [5, 5.41) is 9.58. The van der Waals surface area contributed by atoms with Crippen molar-refractivity contribution in [1.82, 2.24) is 4.90 Å². The SMILES string of the molecule is OC1CCCN1Cc1ccccc1. The first kappa shape index (κ1) is 8.73. The van der Waals surface area contributed by atoms with Crippen LogP contribution in [0.2, 0.25) is 0 Å². The zero-order chi connectivity index (χ0) is 9.10. The van der Waals surface area contributed by atoms with Crippen LogP contribution in [0, 0.1) is 0 Å². The van der Waals surface area contributed by atoms with Crippen molar-refractivity contribution in [2.24, 2.45) is 0 Å². The van der Waals surface area contributed by atoms with Crippen molar-refractivity contribution in [3.8, 4) is 0 Å². The van der Waals surface area contributed by atoms with Gasteiger partial charge in [-0.15, -0.1) is 0 Å². The van der Waals surface area contributed by atoms with Crippen LogP contribution in [0.4, 0.5) is 0 Å². The van der Waals surface area contributed by atoms with Crippen molar-refractivity contribution in [2.75, 3.05) is 6.54 Å². The van der Waals surface area contributed by atoms with Gasteiger partial charge in [0.1, 0.15) is 6.23 Å². The maximum atomic E-state index is 9.58. The van der Waals surface area contributed by atoms with Gasteiger partial charge in [0, 0.05) is 13.1 Å². The molecule has 1 aliphatic rings. The van der Waals surface area contributed by atoms with Gasteiger partial charge in [-0.3, -0.25) is 4.90 Å². The molecule has 1 aromatic carbocycles. The molecule has 0 spiro atoms. The molecule has 2 rings (SSSR count). The Morgan fingerprint density at radius 1 is 1.31 bits per heavy atom. The Kier molecular flexibility index (Phi) is 2.62. The quantitative estimate of drug-likeness (QED) is 0.741. The molecule has 0 aliphatic carbocycles. The minimum Gasteiger partial charge on any atom is -0.378 e. The van der Waals surface area contributed by atoms with Gasteiger partial charge in [-0.05, 0) is 18.4 Å². The summed E-state index contributed by atoms with van der Waals surface area (Å²) in [5.41, 5.74) is 1.28. The van der Waals surface area contributed by atoms with Gasteiger partial charge < -0.3 is 5.11 Å². The summed E-state index contributed by atoms with van der Waals surface area (Å²) in [6.45, 7) is 1.90. The van der Waals surface area contributed by atoms with Crippen LogP contribution in [-0.2, 0) is 6.54 Å². The molecule has 70 valence electrons. The van der Waals surface area contributed by atoms with Gasteiger partial charge in [-0.2, -0.15) is 0 Å². The van der Waals surface area contributed by atoms with E-state index in [2.05, 4.69) is 17.0 Å². The zero-order valence-electron chi connectivity index (χ0n) is 7.69. The molecule has 1 aliphatic heterocycles. The number of hydrogen-bond acceptors (Lipinski definition) is 2. The van der Waals surface area contributed by atoms with E-state index in [1.54, 1.807) is 0 Å². The average Bonchev–Trinajstić information content (AvgIpc) is 2.54. The number of likely N-dealkylation sites (tertiary alicyclic amines) is 1. The van der Waals surface area contributed by atoms with Crippen LogP contribution in [-0.4, -0.2) is 22.8 Å². The second-order valence-corrected chi connectivity index (χ2v) is 3.58. The second-order valence-electron chi connectivity index (χ2n) is 3.58. The molecular formula is C11H15NO. The highest BCUT2D eigenvalue weighted by Crippen LogP contribution is 2.17. The van der Waals surface area contributed by atoms with E-state index in [-0.39, 0.29) is 6.23 Å². The minimum absolute atomic E-state index is 0.222. The van der Waals surface area contributed by atoms with Crippen LogP contribution in [0.15, 0.2) is 30.3 Å². The Bertz CT molecular complexity index is 260. The number of nitrogens with zero attached hydrogens (tertiary/aromatic N) is 1. The highest BCUT2D eigenvalue weighted by atomic mass is 16.3. The van der Waals surface area contributed by atoms with Crippen molar-refractivity contribution in [3.05, 3.63) is 35.9 Å². The van der Waals surface area contributed by atoms with Crippen molar-refractivity contribution < 1.29 is 5.11 Å². The molecule has 2 heteroatoms. The fraction of sp³-hybridized carbons (Fsp3) is 0.455. The summed E-state index contributed by atoms with van der Waals surface area (Å²) in [6, 6.07) is 10.3. The van der Waals surface area contributed by atoms with E-state index in [4.69, 9.17) is 0 Å². The molecule has 1 saturated heterocycles. The third kappa shape index (κ3) is 2.08. The van der Waals surface area contributed by atoms with Crippen LogP contribution < -0.4 is 0 Å². The number of hydrogen-bond donors (Lipinski definition) is 1. The molecule has 1 heterocycles. The zero-order valence-corrected chi connectivity index (χ0v) is 7.69. The van der Waals surface area contributed by atoms with Crippen LogP contribution >= 0.6 is 0 Å². The number of benzene rings is 1. The van der Waals surface area contributed by atoms with Gasteiger partial charge in [0.2, 0.25) is 0 Å². The second kappa shape index (κ2) is 3.90. The van der Waals surface area contributed by atoms with Crippen LogP contribution in [0.3, 0.4) is 0 Å². The van der Waals surface area contributed by atoms with Gasteiger partial charge in [0.15, 0.2) is 0 Å². The van der Waals surface area contributed by atoms with E-state index in [0.29, 0.717) is 0 Å². The van der Waals surface area contributed by atoms with Gasteiger partial charge >= 0.3 is 0 Å². The molecule has 0 aromatic heterocycles. The molecule has 1 N–H and O–H groups in total. The lowest BCUT2D eigenvalue weighted by atomic mass is 10.2. The predicted octanol–water partition coefficient (Wildman–Crippen LogP) is 1.60. The van der Waals surface area contributed by atoms with Crippen molar-refractivity contribution >= 4 is 0 Å². The maximum absolute atomic E-state index is 9.58. The van der Waals surface area contributed by atoms with Gasteiger partial charge in [0.25, 0.3) is 0 Å². The van der Waals surface area contributed by atoms with Crippen molar-refractivity contribution in [1.29, 1.82) is 0 Å². The van der Waals surface area contributed by atoms with Crippen LogP contribution in [0.1, 0.15) is 18.4 Å². The summed E-state index contributed by atoms with van der Waals surface area (Å²) in [7, 11) is 0. The van der Waals surface area contributed by atoms with E-state index in [1.807, 2.05) is 18.2 Å². The summed E-state index contributed by atoms with van der Waals surface area (Å²) >= 11 is 0. The minimum atomic E-state index is -0.222. The van der Waals surface area contributed by atoms with Gasteiger partial charge in [0.05, 0.1) is 0 Å². The van der Waals surface area contributed by atoms with E-state index in [1.165, 1.54) is 5.56 Å². The Morgan fingerprint density at radius 2 is 2.08 bits per heavy atom. The molecule has 1 atom stereocenters. The molecule has 2 nitrogen and oxygen atoms in total. The van der Waals surface area contributed by atoms with Crippen LogP contribution in [0.5, 0.6) is 0 Å². The predicted molar refractivity (Wildman–Crippen MR) is 52.1 cm³/mol. The standard InChI is InChI=1S/C11H15NO/c13-11-7-4-8-12(11)9-10-5-2-1-3-6-10/h1-3,5-6,11,13H,4,7-9H2. The summed E-state index contributed by atoms with van der Waals surface area (Å²) in [4.78, 5) is 2.12. The summed E-state index contributed by atoms with van der Waals surface area (Å²) in [5.74, 6) is 0. The van der Waals surface area contributed by atoms with E-state index in [0.717, 1.165) is 25.9 Å². The third-order valence-corrected chi connectivity index (χ3v) is 2.56. The highest BCUT2D eigenvalue weighted by molar-refractivity contribution is 5.14. The lowest BCUT2D eigenvalue weighted by Crippen LogP contribution is -2.28. The van der Waals surface area contributed by atoms with E-state index in [9.17, 15) is 5.11 Å². The molecule has 13 heavy (non-hydrogen) atoms. The summed E-state index contributed by atoms with van der Waals surface area (Å²) in [6.07, 6.45) is 1.82. The lowest BCUT2D eigenvalue weighted by Gasteiger charge is -2.19. The average molecular weight is 177 g/mol. The molecule has 1 unspecified atom stereocenters.